The molecule has 0 bridgehead atoms. The van der Waals surface area contributed by atoms with Crippen LogP contribution < -0.4 is 11.1 Å². The summed E-state index contributed by atoms with van der Waals surface area (Å²) in [4.78, 5) is 4.35. The molecule has 1 aliphatic rings. The van der Waals surface area contributed by atoms with Gasteiger partial charge in [0.2, 0.25) is 0 Å². The summed E-state index contributed by atoms with van der Waals surface area (Å²) in [6.45, 7) is 0. The van der Waals surface area contributed by atoms with E-state index in [2.05, 4.69) is 10.3 Å². The van der Waals surface area contributed by atoms with Gasteiger partial charge >= 0.3 is 0 Å². The highest BCUT2D eigenvalue weighted by Crippen LogP contribution is 2.32. The van der Waals surface area contributed by atoms with Crippen molar-refractivity contribution in [3.05, 3.63) is 30.1 Å². The van der Waals surface area contributed by atoms with E-state index >= 15 is 0 Å². The number of hydrogen-bond acceptors (Lipinski definition) is 3. The molecular formula is C13H21N3. The first kappa shape index (κ1) is 11.6. The van der Waals surface area contributed by atoms with Crippen molar-refractivity contribution in [3.8, 4) is 0 Å². The van der Waals surface area contributed by atoms with Gasteiger partial charge in [-0.3, -0.25) is 4.98 Å². The Kier molecular flexibility index (Phi) is 3.91. The van der Waals surface area contributed by atoms with Crippen LogP contribution >= 0.6 is 0 Å². The summed E-state index contributed by atoms with van der Waals surface area (Å²) in [5.74, 6) is 0.597. The minimum Gasteiger partial charge on any atom is -0.322 e. The molecule has 0 radical (unpaired) electrons. The molecule has 1 aromatic rings. The average molecular weight is 219 g/mol. The van der Waals surface area contributed by atoms with Crippen LogP contribution in [0.15, 0.2) is 24.4 Å². The predicted octanol–water partition coefficient (Wildman–Crippen LogP) is 1.86. The fourth-order valence-electron chi connectivity index (χ4n) is 2.58. The number of pyridine rings is 1. The molecule has 0 spiro atoms. The number of nitrogens with zero attached hydrogens (tertiary/aromatic N) is 1. The van der Waals surface area contributed by atoms with Crippen molar-refractivity contribution in [1.82, 2.24) is 10.3 Å². The predicted molar refractivity (Wildman–Crippen MR) is 66.0 cm³/mol. The summed E-state index contributed by atoms with van der Waals surface area (Å²) in [5.41, 5.74) is 7.31. The van der Waals surface area contributed by atoms with E-state index in [1.165, 1.54) is 25.7 Å². The first-order valence-corrected chi connectivity index (χ1v) is 6.15. The second-order valence-electron chi connectivity index (χ2n) is 4.68. The van der Waals surface area contributed by atoms with Gasteiger partial charge in [-0.15, -0.1) is 0 Å². The summed E-state index contributed by atoms with van der Waals surface area (Å²) in [5, 5.41) is 3.35. The first-order chi connectivity index (χ1) is 7.81. The minimum atomic E-state index is 0.110. The third-order valence-corrected chi connectivity index (χ3v) is 3.72. The van der Waals surface area contributed by atoms with Gasteiger partial charge in [0.05, 0.1) is 5.69 Å². The molecule has 1 fully saturated rings. The molecule has 88 valence electrons. The normalized spacial score (nSPS) is 27.6. The lowest BCUT2D eigenvalue weighted by molar-refractivity contribution is 0.264. The Morgan fingerprint density at radius 3 is 2.62 bits per heavy atom. The van der Waals surface area contributed by atoms with E-state index in [0.29, 0.717) is 12.0 Å². The van der Waals surface area contributed by atoms with Gasteiger partial charge in [0.1, 0.15) is 0 Å². The van der Waals surface area contributed by atoms with Gasteiger partial charge in [0.15, 0.2) is 0 Å². The highest BCUT2D eigenvalue weighted by molar-refractivity contribution is 5.09. The van der Waals surface area contributed by atoms with Crippen molar-refractivity contribution in [2.45, 2.75) is 37.8 Å². The molecule has 1 saturated carbocycles. The van der Waals surface area contributed by atoms with E-state index in [1.54, 1.807) is 0 Å². The molecule has 0 aromatic carbocycles. The van der Waals surface area contributed by atoms with E-state index in [9.17, 15) is 0 Å². The Balaban J connectivity index is 1.94. The van der Waals surface area contributed by atoms with Crippen molar-refractivity contribution in [3.63, 3.8) is 0 Å². The molecule has 0 amide bonds. The summed E-state index contributed by atoms with van der Waals surface area (Å²) in [6, 6.07) is 6.79. The van der Waals surface area contributed by atoms with Crippen molar-refractivity contribution in [2.75, 3.05) is 7.05 Å². The molecular weight excluding hydrogens is 198 g/mol. The van der Waals surface area contributed by atoms with Gasteiger partial charge in [0.25, 0.3) is 0 Å². The van der Waals surface area contributed by atoms with Gasteiger partial charge in [0, 0.05) is 18.3 Å². The van der Waals surface area contributed by atoms with E-state index in [1.807, 2.05) is 31.4 Å². The van der Waals surface area contributed by atoms with Crippen LogP contribution in [-0.4, -0.2) is 18.1 Å². The zero-order chi connectivity index (χ0) is 11.4. The zero-order valence-electron chi connectivity index (χ0n) is 9.89. The maximum Gasteiger partial charge on any atom is 0.0573 e. The van der Waals surface area contributed by atoms with E-state index in [-0.39, 0.29) is 6.04 Å². The quantitative estimate of drug-likeness (QED) is 0.816. The van der Waals surface area contributed by atoms with Gasteiger partial charge in [-0.1, -0.05) is 6.07 Å². The Morgan fingerprint density at radius 1 is 1.31 bits per heavy atom. The van der Waals surface area contributed by atoms with Crippen molar-refractivity contribution in [1.29, 1.82) is 0 Å². The van der Waals surface area contributed by atoms with Crippen LogP contribution in [0.2, 0.25) is 0 Å². The Morgan fingerprint density at radius 2 is 2.06 bits per heavy atom. The van der Waals surface area contributed by atoms with Gasteiger partial charge in [-0.05, 0) is 50.8 Å². The van der Waals surface area contributed by atoms with Crippen LogP contribution in [0.25, 0.3) is 0 Å². The zero-order valence-corrected chi connectivity index (χ0v) is 9.89. The van der Waals surface area contributed by atoms with Crippen LogP contribution in [0.5, 0.6) is 0 Å². The van der Waals surface area contributed by atoms with Crippen LogP contribution in [0.1, 0.15) is 37.4 Å². The summed E-state index contributed by atoms with van der Waals surface area (Å²) >= 11 is 0. The second-order valence-corrected chi connectivity index (χ2v) is 4.68. The molecule has 0 saturated heterocycles. The second kappa shape index (κ2) is 5.41. The van der Waals surface area contributed by atoms with E-state index < -0.39 is 0 Å². The number of nitrogens with two attached hydrogens (primary N) is 1. The first-order valence-electron chi connectivity index (χ1n) is 6.15. The van der Waals surface area contributed by atoms with Crippen LogP contribution in [0, 0.1) is 5.92 Å². The number of rotatable bonds is 3. The monoisotopic (exact) mass is 219 g/mol. The highest BCUT2D eigenvalue weighted by Gasteiger charge is 2.26. The molecule has 1 heterocycles. The Bertz CT molecular complexity index is 304. The Labute approximate surface area is 97.5 Å². The molecule has 3 N–H and O–H groups in total. The summed E-state index contributed by atoms with van der Waals surface area (Å²) in [6.07, 6.45) is 6.73. The molecule has 16 heavy (non-hydrogen) atoms. The number of aromatic nitrogens is 1. The molecule has 3 heteroatoms. The van der Waals surface area contributed by atoms with Gasteiger partial charge < -0.3 is 11.1 Å². The molecule has 1 aliphatic carbocycles. The maximum absolute atomic E-state index is 6.27. The minimum absolute atomic E-state index is 0.110. The topological polar surface area (TPSA) is 50.9 Å². The summed E-state index contributed by atoms with van der Waals surface area (Å²) in [7, 11) is 2.05. The maximum atomic E-state index is 6.27. The molecule has 2 rings (SSSR count). The van der Waals surface area contributed by atoms with E-state index in [4.69, 9.17) is 5.73 Å². The number of nitrogens with one attached hydrogen (secondary N) is 1. The molecule has 1 unspecified atom stereocenters. The molecule has 3 nitrogen and oxygen atoms in total. The molecule has 1 atom stereocenters. The van der Waals surface area contributed by atoms with Crippen molar-refractivity contribution >= 4 is 0 Å². The standard InChI is InChI=1S/C13H21N3/c1-15-11-7-5-10(6-8-11)13(14)12-4-2-3-9-16-12/h2-4,9-11,13,15H,5-8,14H2,1H3. The SMILES string of the molecule is CNC1CCC(C(N)c2ccccn2)CC1. The van der Waals surface area contributed by atoms with E-state index in [0.717, 1.165) is 5.69 Å². The fraction of sp³-hybridized carbons (Fsp3) is 0.615. The van der Waals surface area contributed by atoms with Crippen LogP contribution in [0.3, 0.4) is 0 Å². The van der Waals surface area contributed by atoms with Crippen LogP contribution in [-0.2, 0) is 0 Å². The third kappa shape index (κ3) is 2.60. The lowest BCUT2D eigenvalue weighted by atomic mass is 9.81. The van der Waals surface area contributed by atoms with Gasteiger partial charge in [-0.25, -0.2) is 0 Å². The smallest absolute Gasteiger partial charge is 0.0573 e. The van der Waals surface area contributed by atoms with Gasteiger partial charge in [-0.2, -0.15) is 0 Å². The largest absolute Gasteiger partial charge is 0.322 e. The molecule has 1 aromatic heterocycles. The number of hydrogen-bond donors (Lipinski definition) is 2. The van der Waals surface area contributed by atoms with Crippen LogP contribution in [0.4, 0.5) is 0 Å². The van der Waals surface area contributed by atoms with Crippen molar-refractivity contribution < 1.29 is 0 Å². The highest BCUT2D eigenvalue weighted by atomic mass is 14.9. The van der Waals surface area contributed by atoms with Crippen molar-refractivity contribution in [2.24, 2.45) is 11.7 Å². The molecule has 0 aliphatic heterocycles. The average Bonchev–Trinajstić information content (AvgIpc) is 2.39. The Hall–Kier alpha value is -0.930. The summed E-state index contributed by atoms with van der Waals surface area (Å²) < 4.78 is 0. The fourth-order valence-corrected chi connectivity index (χ4v) is 2.58. The third-order valence-electron chi connectivity index (χ3n) is 3.72. The lowest BCUT2D eigenvalue weighted by Gasteiger charge is -2.31. The lowest BCUT2D eigenvalue weighted by Crippen LogP contribution is -2.34.